The van der Waals surface area contributed by atoms with Crippen molar-refractivity contribution in [3.05, 3.63) is 54.4 Å². The second-order valence-corrected chi connectivity index (χ2v) is 4.74. The van der Waals surface area contributed by atoms with Crippen LogP contribution in [0, 0.1) is 0 Å². The predicted molar refractivity (Wildman–Crippen MR) is 86.0 cm³/mol. The highest BCUT2D eigenvalue weighted by molar-refractivity contribution is 5.92. The highest BCUT2D eigenvalue weighted by Gasteiger charge is 2.10. The lowest BCUT2D eigenvalue weighted by atomic mass is 10.2. The second kappa shape index (κ2) is 7.43. The Morgan fingerprint density at radius 3 is 2.43 bits per heavy atom. The van der Waals surface area contributed by atoms with Crippen molar-refractivity contribution in [2.24, 2.45) is 0 Å². The molecule has 1 amide bonds. The number of amides is 1. The molecule has 1 N–H and O–H groups in total. The third kappa shape index (κ3) is 3.81. The molecule has 1 aromatic carbocycles. The fourth-order valence-electron chi connectivity index (χ4n) is 2.13. The molecule has 2 rings (SSSR count). The standard InChI is InChI=1S/C17H21N3O/c1-3-12-18-17(21)16-11-10-15(13-19-16)20(4-2)14-8-6-5-7-9-14/h5-11,13H,3-4,12H2,1-2H3,(H,18,21). The zero-order valence-corrected chi connectivity index (χ0v) is 12.5. The van der Waals surface area contributed by atoms with E-state index < -0.39 is 0 Å². The Bertz CT molecular complexity index is 566. The second-order valence-electron chi connectivity index (χ2n) is 4.74. The molecule has 0 saturated carbocycles. The summed E-state index contributed by atoms with van der Waals surface area (Å²) in [6.07, 6.45) is 2.67. The minimum absolute atomic E-state index is 0.119. The van der Waals surface area contributed by atoms with Gasteiger partial charge in [-0.15, -0.1) is 0 Å². The van der Waals surface area contributed by atoms with Crippen LogP contribution < -0.4 is 10.2 Å². The minimum atomic E-state index is -0.119. The highest BCUT2D eigenvalue weighted by Crippen LogP contribution is 2.23. The Morgan fingerprint density at radius 1 is 1.10 bits per heavy atom. The lowest BCUT2D eigenvalue weighted by Gasteiger charge is -2.22. The van der Waals surface area contributed by atoms with Crippen LogP contribution in [0.3, 0.4) is 0 Å². The number of pyridine rings is 1. The average molecular weight is 283 g/mol. The van der Waals surface area contributed by atoms with E-state index in [0.717, 1.165) is 24.3 Å². The largest absolute Gasteiger partial charge is 0.351 e. The number of carbonyl (C=O) groups excluding carboxylic acids is 1. The number of nitrogens with zero attached hydrogens (tertiary/aromatic N) is 2. The zero-order valence-electron chi connectivity index (χ0n) is 12.5. The smallest absolute Gasteiger partial charge is 0.269 e. The molecule has 1 aromatic heterocycles. The monoisotopic (exact) mass is 283 g/mol. The molecule has 2 aromatic rings. The van der Waals surface area contributed by atoms with Gasteiger partial charge in [-0.3, -0.25) is 4.79 Å². The fourth-order valence-corrected chi connectivity index (χ4v) is 2.13. The Kier molecular flexibility index (Phi) is 5.32. The molecule has 4 heteroatoms. The van der Waals surface area contributed by atoms with E-state index in [1.54, 1.807) is 12.3 Å². The molecule has 0 aliphatic carbocycles. The Hall–Kier alpha value is -2.36. The molecule has 0 unspecified atom stereocenters. The summed E-state index contributed by atoms with van der Waals surface area (Å²) in [4.78, 5) is 18.3. The van der Waals surface area contributed by atoms with E-state index in [4.69, 9.17) is 0 Å². The lowest BCUT2D eigenvalue weighted by molar-refractivity contribution is 0.0949. The van der Waals surface area contributed by atoms with Gasteiger partial charge in [-0.1, -0.05) is 25.1 Å². The lowest BCUT2D eigenvalue weighted by Crippen LogP contribution is -2.25. The molecule has 0 bridgehead atoms. The molecule has 0 spiro atoms. The topological polar surface area (TPSA) is 45.2 Å². The molecule has 0 aliphatic rings. The van der Waals surface area contributed by atoms with Gasteiger partial charge in [-0.05, 0) is 37.6 Å². The van der Waals surface area contributed by atoms with Crippen molar-refractivity contribution in [1.29, 1.82) is 0 Å². The van der Waals surface area contributed by atoms with Crippen molar-refractivity contribution in [3.63, 3.8) is 0 Å². The van der Waals surface area contributed by atoms with Crippen molar-refractivity contribution in [2.45, 2.75) is 20.3 Å². The summed E-state index contributed by atoms with van der Waals surface area (Å²) < 4.78 is 0. The predicted octanol–water partition coefficient (Wildman–Crippen LogP) is 3.38. The first-order valence-corrected chi connectivity index (χ1v) is 7.33. The van der Waals surface area contributed by atoms with Gasteiger partial charge in [-0.2, -0.15) is 0 Å². The van der Waals surface area contributed by atoms with Gasteiger partial charge < -0.3 is 10.2 Å². The number of nitrogens with one attached hydrogen (secondary N) is 1. The number of aromatic nitrogens is 1. The van der Waals surface area contributed by atoms with Gasteiger partial charge in [-0.25, -0.2) is 4.98 Å². The van der Waals surface area contributed by atoms with Gasteiger partial charge in [0.25, 0.3) is 5.91 Å². The summed E-state index contributed by atoms with van der Waals surface area (Å²) in [5, 5.41) is 2.83. The first-order valence-electron chi connectivity index (χ1n) is 7.33. The van der Waals surface area contributed by atoms with E-state index in [1.165, 1.54) is 0 Å². The molecule has 0 aliphatic heterocycles. The summed E-state index contributed by atoms with van der Waals surface area (Å²) in [5.41, 5.74) is 2.55. The van der Waals surface area contributed by atoms with Crippen LogP contribution in [0.15, 0.2) is 48.7 Å². The van der Waals surface area contributed by atoms with Gasteiger partial charge >= 0.3 is 0 Å². The molecule has 4 nitrogen and oxygen atoms in total. The SMILES string of the molecule is CCCNC(=O)c1ccc(N(CC)c2ccccc2)cn1. The summed E-state index contributed by atoms with van der Waals surface area (Å²) in [7, 11) is 0. The molecule has 21 heavy (non-hydrogen) atoms. The quantitative estimate of drug-likeness (QED) is 0.884. The van der Waals surface area contributed by atoms with E-state index in [-0.39, 0.29) is 5.91 Å². The van der Waals surface area contributed by atoms with Gasteiger partial charge in [0, 0.05) is 18.8 Å². The normalized spacial score (nSPS) is 10.2. The van der Waals surface area contributed by atoms with Crippen LogP contribution in [-0.4, -0.2) is 24.0 Å². The molecule has 0 radical (unpaired) electrons. The number of hydrogen-bond donors (Lipinski definition) is 1. The van der Waals surface area contributed by atoms with Crippen molar-refractivity contribution < 1.29 is 4.79 Å². The van der Waals surface area contributed by atoms with E-state index in [2.05, 4.69) is 34.3 Å². The minimum Gasteiger partial charge on any atom is -0.351 e. The third-order valence-corrected chi connectivity index (χ3v) is 3.21. The van der Waals surface area contributed by atoms with Crippen molar-refractivity contribution in [3.8, 4) is 0 Å². The first kappa shape index (κ1) is 15.0. The van der Waals surface area contributed by atoms with Gasteiger partial charge in [0.2, 0.25) is 0 Å². The number of para-hydroxylation sites is 1. The molecule has 0 fully saturated rings. The molecular weight excluding hydrogens is 262 g/mol. The van der Waals surface area contributed by atoms with Crippen LogP contribution in [0.2, 0.25) is 0 Å². The Labute approximate surface area is 125 Å². The summed E-state index contributed by atoms with van der Waals surface area (Å²) in [5.74, 6) is -0.119. The van der Waals surface area contributed by atoms with Crippen LogP contribution in [0.4, 0.5) is 11.4 Å². The van der Waals surface area contributed by atoms with E-state index in [1.807, 2.05) is 31.2 Å². The van der Waals surface area contributed by atoms with Gasteiger partial charge in [0.15, 0.2) is 0 Å². The molecule has 1 heterocycles. The molecule has 0 atom stereocenters. The van der Waals surface area contributed by atoms with Crippen LogP contribution in [0.1, 0.15) is 30.8 Å². The number of hydrogen-bond acceptors (Lipinski definition) is 3. The number of benzene rings is 1. The summed E-state index contributed by atoms with van der Waals surface area (Å²) >= 11 is 0. The van der Waals surface area contributed by atoms with Crippen molar-refractivity contribution >= 4 is 17.3 Å². The molecular formula is C17H21N3O. The highest BCUT2D eigenvalue weighted by atomic mass is 16.1. The molecule has 110 valence electrons. The van der Waals surface area contributed by atoms with E-state index in [0.29, 0.717) is 12.2 Å². The van der Waals surface area contributed by atoms with E-state index >= 15 is 0 Å². The number of carbonyl (C=O) groups is 1. The van der Waals surface area contributed by atoms with Crippen LogP contribution in [0.5, 0.6) is 0 Å². The average Bonchev–Trinajstić information content (AvgIpc) is 2.55. The van der Waals surface area contributed by atoms with E-state index in [9.17, 15) is 4.79 Å². The maximum Gasteiger partial charge on any atom is 0.269 e. The van der Waals surface area contributed by atoms with Crippen molar-refractivity contribution in [1.82, 2.24) is 10.3 Å². The first-order chi connectivity index (χ1) is 10.3. The zero-order chi connectivity index (χ0) is 15.1. The number of rotatable bonds is 6. The van der Waals surface area contributed by atoms with Gasteiger partial charge in [0.05, 0.1) is 11.9 Å². The van der Waals surface area contributed by atoms with Crippen LogP contribution in [-0.2, 0) is 0 Å². The summed E-state index contributed by atoms with van der Waals surface area (Å²) in [6, 6.07) is 13.8. The van der Waals surface area contributed by atoms with Gasteiger partial charge in [0.1, 0.15) is 5.69 Å². The van der Waals surface area contributed by atoms with Crippen molar-refractivity contribution in [2.75, 3.05) is 18.0 Å². The molecule has 0 saturated heterocycles. The maximum atomic E-state index is 11.8. The van der Waals surface area contributed by atoms with Crippen LogP contribution in [0.25, 0.3) is 0 Å². The Balaban J connectivity index is 2.15. The fraction of sp³-hybridized carbons (Fsp3) is 0.294. The summed E-state index contributed by atoms with van der Waals surface area (Å²) in [6.45, 7) is 5.63. The Morgan fingerprint density at radius 2 is 1.86 bits per heavy atom. The third-order valence-electron chi connectivity index (χ3n) is 3.21. The van der Waals surface area contributed by atoms with Crippen LogP contribution >= 0.6 is 0 Å². The maximum absolute atomic E-state index is 11.8. The number of anilines is 2.